The molecule has 1 N–H and O–H groups in total. The summed E-state index contributed by atoms with van der Waals surface area (Å²) in [6, 6.07) is 6.01. The van der Waals surface area contributed by atoms with Gasteiger partial charge in [0.1, 0.15) is 22.6 Å². The number of hydrogen-bond donors (Lipinski definition) is 1. The maximum atomic E-state index is 14.1. The number of aliphatic imine (C=N–C) groups is 1. The van der Waals surface area contributed by atoms with Gasteiger partial charge in [-0.05, 0) is 70.6 Å². The molecule has 3 atom stereocenters. The highest BCUT2D eigenvalue weighted by Gasteiger charge is 2.39. The lowest BCUT2D eigenvalue weighted by molar-refractivity contribution is 0.0562. The van der Waals surface area contributed by atoms with Gasteiger partial charge >= 0.3 is 0 Å². The minimum Gasteiger partial charge on any atom is -0.356 e. The SMILES string of the molecule is CC1=CN2NC(C3CCCCN3C(=O)c3cc(C)ccc3N3CCCS3=O)C=C2N=C1N1CCCC1. The molecule has 9 heteroatoms. The third-order valence-corrected chi connectivity index (χ3v) is 9.48. The van der Waals surface area contributed by atoms with Crippen molar-refractivity contribution in [2.75, 3.05) is 36.2 Å². The maximum Gasteiger partial charge on any atom is 0.256 e. The van der Waals surface area contributed by atoms with Gasteiger partial charge in [0.25, 0.3) is 5.91 Å². The van der Waals surface area contributed by atoms with Gasteiger partial charge in [-0.3, -0.25) is 14.1 Å². The number of anilines is 1. The van der Waals surface area contributed by atoms with Gasteiger partial charge < -0.3 is 9.80 Å². The highest BCUT2D eigenvalue weighted by Crippen LogP contribution is 2.33. The van der Waals surface area contributed by atoms with Crippen molar-refractivity contribution in [3.05, 3.63) is 53.0 Å². The van der Waals surface area contributed by atoms with Gasteiger partial charge in [-0.15, -0.1) is 0 Å². The van der Waals surface area contributed by atoms with Crippen LogP contribution >= 0.6 is 0 Å². The summed E-state index contributed by atoms with van der Waals surface area (Å²) in [5, 5.41) is 2.03. The Kier molecular flexibility index (Phi) is 6.37. The van der Waals surface area contributed by atoms with Crippen LogP contribution in [0, 0.1) is 6.92 Å². The van der Waals surface area contributed by atoms with Gasteiger partial charge in [0, 0.05) is 43.7 Å². The number of fused-ring (bicyclic) bond motifs is 1. The summed E-state index contributed by atoms with van der Waals surface area (Å²) in [4.78, 5) is 23.5. The summed E-state index contributed by atoms with van der Waals surface area (Å²) in [6.07, 6.45) is 10.7. The number of likely N-dealkylation sites (tertiary alicyclic amines) is 2. The molecule has 0 aliphatic carbocycles. The van der Waals surface area contributed by atoms with Crippen molar-refractivity contribution < 1.29 is 9.00 Å². The summed E-state index contributed by atoms with van der Waals surface area (Å²) in [5.41, 5.74) is 7.30. The molecular weight excluding hydrogens is 472 g/mol. The Morgan fingerprint density at radius 3 is 2.64 bits per heavy atom. The van der Waals surface area contributed by atoms with E-state index in [-0.39, 0.29) is 18.0 Å². The van der Waals surface area contributed by atoms with E-state index in [9.17, 15) is 9.00 Å². The van der Waals surface area contributed by atoms with Crippen LogP contribution in [0.4, 0.5) is 5.69 Å². The molecule has 1 aromatic rings. The smallest absolute Gasteiger partial charge is 0.256 e. The first kappa shape index (κ1) is 23.7. The van der Waals surface area contributed by atoms with Crippen molar-refractivity contribution >= 4 is 28.4 Å². The van der Waals surface area contributed by atoms with E-state index in [1.54, 1.807) is 0 Å². The molecule has 36 heavy (non-hydrogen) atoms. The molecule has 0 aromatic heterocycles. The second-order valence-corrected chi connectivity index (χ2v) is 12.0. The Balaban J connectivity index is 1.28. The summed E-state index contributed by atoms with van der Waals surface area (Å²) < 4.78 is 14.6. The number of hydrazine groups is 1. The number of piperidine rings is 1. The van der Waals surface area contributed by atoms with E-state index in [1.807, 2.05) is 34.4 Å². The van der Waals surface area contributed by atoms with Gasteiger partial charge in [-0.25, -0.2) is 14.6 Å². The minimum atomic E-state index is -1.07. The highest BCUT2D eigenvalue weighted by molar-refractivity contribution is 7.86. The summed E-state index contributed by atoms with van der Waals surface area (Å²) in [7, 11) is -1.07. The molecule has 1 aromatic carbocycles. The van der Waals surface area contributed by atoms with Crippen molar-refractivity contribution in [2.45, 2.75) is 64.5 Å². The Morgan fingerprint density at radius 1 is 1.06 bits per heavy atom. The van der Waals surface area contributed by atoms with Crippen LogP contribution in [0.5, 0.6) is 0 Å². The third-order valence-electron chi connectivity index (χ3n) is 7.97. The van der Waals surface area contributed by atoms with E-state index in [4.69, 9.17) is 4.99 Å². The molecule has 8 nitrogen and oxygen atoms in total. The minimum absolute atomic E-state index is 0.00385. The lowest BCUT2D eigenvalue weighted by Crippen LogP contribution is -2.54. The zero-order valence-electron chi connectivity index (χ0n) is 21.3. The van der Waals surface area contributed by atoms with Crippen molar-refractivity contribution in [3.8, 4) is 0 Å². The van der Waals surface area contributed by atoms with Gasteiger partial charge in [0.05, 0.1) is 23.3 Å². The number of carbonyl (C=O) groups is 1. The van der Waals surface area contributed by atoms with Gasteiger partial charge in [-0.1, -0.05) is 11.6 Å². The molecule has 5 heterocycles. The van der Waals surface area contributed by atoms with Crippen LogP contribution < -0.4 is 9.73 Å². The van der Waals surface area contributed by atoms with Crippen molar-refractivity contribution in [3.63, 3.8) is 0 Å². The number of rotatable bonds is 3. The number of benzene rings is 1. The predicted molar refractivity (Wildman–Crippen MR) is 144 cm³/mol. The van der Waals surface area contributed by atoms with E-state index >= 15 is 0 Å². The zero-order valence-corrected chi connectivity index (χ0v) is 22.1. The Labute approximate surface area is 216 Å². The normalized spacial score (nSPS) is 28.3. The molecule has 0 spiro atoms. The first-order valence-corrected chi connectivity index (χ1v) is 14.6. The number of aryl methyl sites for hydroxylation is 1. The third kappa shape index (κ3) is 4.26. The second-order valence-electron chi connectivity index (χ2n) is 10.6. The fourth-order valence-electron chi connectivity index (χ4n) is 6.14. The monoisotopic (exact) mass is 508 g/mol. The van der Waals surface area contributed by atoms with Crippen LogP contribution in [-0.4, -0.2) is 74.8 Å². The molecule has 6 rings (SSSR count). The predicted octanol–water partition coefficient (Wildman–Crippen LogP) is 3.31. The first-order valence-electron chi connectivity index (χ1n) is 13.4. The lowest BCUT2D eigenvalue weighted by atomic mass is 9.94. The second kappa shape index (κ2) is 9.67. The van der Waals surface area contributed by atoms with E-state index in [1.165, 1.54) is 18.4 Å². The van der Waals surface area contributed by atoms with Crippen LogP contribution in [0.1, 0.15) is 61.4 Å². The van der Waals surface area contributed by atoms with Crippen molar-refractivity contribution in [1.82, 2.24) is 20.2 Å². The van der Waals surface area contributed by atoms with Crippen LogP contribution in [0.3, 0.4) is 0 Å². The van der Waals surface area contributed by atoms with E-state index < -0.39 is 11.0 Å². The van der Waals surface area contributed by atoms with Crippen molar-refractivity contribution in [2.24, 2.45) is 4.99 Å². The number of carbonyl (C=O) groups excluding carboxylic acids is 1. The summed E-state index contributed by atoms with van der Waals surface area (Å²) >= 11 is 0. The van der Waals surface area contributed by atoms with E-state index in [0.717, 1.165) is 74.8 Å². The maximum absolute atomic E-state index is 14.1. The van der Waals surface area contributed by atoms with E-state index in [2.05, 4.69) is 34.4 Å². The quantitative estimate of drug-likeness (QED) is 0.679. The Morgan fingerprint density at radius 2 is 1.86 bits per heavy atom. The first-order chi connectivity index (χ1) is 17.5. The Hall–Kier alpha value is -2.65. The average Bonchev–Trinajstić information content (AvgIpc) is 3.64. The number of nitrogens with one attached hydrogen (secondary N) is 1. The largest absolute Gasteiger partial charge is 0.356 e. The standard InChI is InChI=1S/C27H36N6O2S/c1-19-9-10-23(33-14-7-15-36(33)35)21(16-19)27(34)31-13-4-3-8-24(31)22-17-25-28-26(30-11-5-6-12-30)20(2)18-32(25)29-22/h9-10,16-18,22,24,29H,3-8,11-15H2,1-2H3. The van der Waals surface area contributed by atoms with Crippen LogP contribution in [0.15, 0.2) is 46.9 Å². The topological polar surface area (TPSA) is 71.5 Å². The average molecular weight is 509 g/mol. The van der Waals surface area contributed by atoms with Gasteiger partial charge in [0.2, 0.25) is 0 Å². The van der Waals surface area contributed by atoms with Gasteiger partial charge in [-0.2, -0.15) is 0 Å². The Bertz CT molecular complexity index is 1170. The van der Waals surface area contributed by atoms with Crippen LogP contribution in [0.2, 0.25) is 0 Å². The molecule has 1 amide bonds. The molecule has 3 saturated heterocycles. The molecule has 5 aliphatic heterocycles. The molecule has 3 unspecified atom stereocenters. The fraction of sp³-hybridized carbons (Fsp3) is 0.556. The van der Waals surface area contributed by atoms with Crippen LogP contribution in [0.25, 0.3) is 0 Å². The fourth-order valence-corrected chi connectivity index (χ4v) is 7.45. The molecule has 0 saturated carbocycles. The lowest BCUT2D eigenvalue weighted by Gasteiger charge is -2.39. The molecule has 5 aliphatic rings. The van der Waals surface area contributed by atoms with Crippen LogP contribution in [-0.2, 0) is 11.0 Å². The van der Waals surface area contributed by atoms with Gasteiger partial charge in [0.15, 0.2) is 0 Å². The number of amidine groups is 1. The van der Waals surface area contributed by atoms with E-state index in [0.29, 0.717) is 11.3 Å². The summed E-state index contributed by atoms with van der Waals surface area (Å²) in [5.74, 6) is 2.71. The number of amides is 1. The highest BCUT2D eigenvalue weighted by atomic mass is 32.2. The molecule has 0 bridgehead atoms. The molecule has 0 radical (unpaired) electrons. The zero-order chi connectivity index (χ0) is 24.8. The number of nitrogens with zero attached hydrogens (tertiary/aromatic N) is 5. The summed E-state index contributed by atoms with van der Waals surface area (Å²) in [6.45, 7) is 7.74. The van der Waals surface area contributed by atoms with Crippen molar-refractivity contribution in [1.29, 1.82) is 0 Å². The molecule has 192 valence electrons. The molecular formula is C27H36N6O2S. The molecule has 3 fully saturated rings. The number of hydrogen-bond acceptors (Lipinski definition) is 6.